The zero-order chi connectivity index (χ0) is 27.9. The molecule has 0 saturated carbocycles. The molecule has 1 aliphatic heterocycles. The van der Waals surface area contributed by atoms with Gasteiger partial charge in [-0.15, -0.1) is 0 Å². The molecule has 40 heavy (non-hydrogen) atoms. The van der Waals surface area contributed by atoms with E-state index in [1.165, 1.54) is 12.0 Å². The fourth-order valence-corrected chi connectivity index (χ4v) is 5.02. The van der Waals surface area contributed by atoms with E-state index in [1.807, 2.05) is 48.5 Å². The van der Waals surface area contributed by atoms with E-state index >= 15 is 0 Å². The van der Waals surface area contributed by atoms with E-state index in [-0.39, 0.29) is 36.8 Å². The van der Waals surface area contributed by atoms with Gasteiger partial charge >= 0.3 is 0 Å². The van der Waals surface area contributed by atoms with Crippen LogP contribution in [-0.2, 0) is 9.59 Å². The van der Waals surface area contributed by atoms with E-state index in [0.29, 0.717) is 27.8 Å². The van der Waals surface area contributed by atoms with Crippen molar-refractivity contribution in [2.45, 2.75) is 0 Å². The van der Waals surface area contributed by atoms with Crippen molar-refractivity contribution in [3.05, 3.63) is 101 Å². The average Bonchev–Trinajstić information content (AvgIpc) is 3.24. The maximum Gasteiger partial charge on any atom is 0.293 e. The highest BCUT2D eigenvalue weighted by Gasteiger charge is 2.34. The number of rotatable bonds is 10. The van der Waals surface area contributed by atoms with Crippen LogP contribution in [0.5, 0.6) is 17.2 Å². The van der Waals surface area contributed by atoms with Crippen LogP contribution >= 0.6 is 11.8 Å². The lowest BCUT2D eigenvalue weighted by Gasteiger charge is -2.14. The lowest BCUT2D eigenvalue weighted by atomic mass is 10.1. The monoisotopic (exact) mass is 554 g/mol. The minimum Gasteiger partial charge on any atom is -0.495 e. The minimum absolute atomic E-state index is 0.148. The highest BCUT2D eigenvalue weighted by atomic mass is 32.2. The molecule has 3 amide bonds. The third-order valence-electron chi connectivity index (χ3n) is 6.12. The predicted molar refractivity (Wildman–Crippen MR) is 156 cm³/mol. The molecule has 1 fully saturated rings. The number of imide groups is 1. The van der Waals surface area contributed by atoms with Gasteiger partial charge in [0.25, 0.3) is 17.1 Å². The summed E-state index contributed by atoms with van der Waals surface area (Å²) in [6, 6.07) is 27.7. The van der Waals surface area contributed by atoms with Gasteiger partial charge in [0.05, 0.1) is 24.2 Å². The van der Waals surface area contributed by atoms with Crippen molar-refractivity contribution in [2.75, 3.05) is 32.2 Å². The number of ether oxygens (including phenoxy) is 3. The van der Waals surface area contributed by atoms with Crippen LogP contribution in [0.25, 0.3) is 16.8 Å². The lowest BCUT2D eigenvalue weighted by molar-refractivity contribution is -0.123. The first-order valence-electron chi connectivity index (χ1n) is 12.5. The Kier molecular flexibility index (Phi) is 8.32. The zero-order valence-electron chi connectivity index (χ0n) is 21.7. The van der Waals surface area contributed by atoms with Crippen LogP contribution < -0.4 is 19.5 Å². The second-order valence-corrected chi connectivity index (χ2v) is 9.76. The summed E-state index contributed by atoms with van der Waals surface area (Å²) in [4.78, 5) is 39.2. The van der Waals surface area contributed by atoms with Crippen LogP contribution in [0.4, 0.5) is 10.5 Å². The summed E-state index contributed by atoms with van der Waals surface area (Å²) in [6.45, 7) is 0.155. The summed E-state index contributed by atoms with van der Waals surface area (Å²) in [5.41, 5.74) is 1.28. The molecule has 0 radical (unpaired) electrons. The van der Waals surface area contributed by atoms with Gasteiger partial charge < -0.3 is 19.5 Å². The lowest BCUT2D eigenvalue weighted by Crippen LogP contribution is -2.32. The minimum atomic E-state index is -0.357. The standard InChI is InChI=1S/C31H26N2O6S/c1-37-27-11-5-4-10-25(27)32-29(34)20-39-23-15-13-21(14-16-23)19-28-30(35)33(31(36)40-28)17-18-38-26-12-6-8-22-7-2-3-9-24(22)26/h2-16,19H,17-18,20H2,1H3,(H,32,34)/b28-19-. The number of methoxy groups -OCH3 is 1. The Morgan fingerprint density at radius 2 is 1.60 bits per heavy atom. The van der Waals surface area contributed by atoms with Gasteiger partial charge in [0, 0.05) is 5.39 Å². The molecule has 0 aliphatic carbocycles. The van der Waals surface area contributed by atoms with E-state index in [2.05, 4.69) is 5.32 Å². The molecule has 0 unspecified atom stereocenters. The van der Waals surface area contributed by atoms with Crippen molar-refractivity contribution in [3.8, 4) is 17.2 Å². The summed E-state index contributed by atoms with van der Waals surface area (Å²) < 4.78 is 16.7. The second-order valence-electron chi connectivity index (χ2n) is 8.77. The third-order valence-corrected chi connectivity index (χ3v) is 7.03. The van der Waals surface area contributed by atoms with Crippen molar-refractivity contribution >= 4 is 51.4 Å². The molecule has 202 valence electrons. The smallest absolute Gasteiger partial charge is 0.293 e. The summed E-state index contributed by atoms with van der Waals surface area (Å²) in [6.07, 6.45) is 1.66. The molecule has 9 heteroatoms. The van der Waals surface area contributed by atoms with Crippen LogP contribution in [0, 0.1) is 0 Å². The summed E-state index contributed by atoms with van der Waals surface area (Å²) in [5, 5.41) is 4.45. The topological polar surface area (TPSA) is 94.2 Å². The third kappa shape index (κ3) is 6.27. The number of benzene rings is 4. The van der Waals surface area contributed by atoms with Crippen LogP contribution in [0.3, 0.4) is 0 Å². The Bertz CT molecular complexity index is 1580. The first-order valence-corrected chi connectivity index (χ1v) is 13.3. The maximum atomic E-state index is 12.9. The number of carbonyl (C=O) groups is 3. The molecule has 1 saturated heterocycles. The van der Waals surface area contributed by atoms with E-state index in [1.54, 1.807) is 48.5 Å². The van der Waals surface area contributed by atoms with Crippen molar-refractivity contribution < 1.29 is 28.6 Å². The number of fused-ring (bicyclic) bond motifs is 1. The number of hydrogen-bond donors (Lipinski definition) is 1. The van der Waals surface area contributed by atoms with Crippen molar-refractivity contribution in [2.24, 2.45) is 0 Å². The number of hydrogen-bond acceptors (Lipinski definition) is 7. The molecular weight excluding hydrogens is 528 g/mol. The van der Waals surface area contributed by atoms with E-state index < -0.39 is 0 Å². The van der Waals surface area contributed by atoms with Gasteiger partial charge in [0.1, 0.15) is 23.9 Å². The van der Waals surface area contributed by atoms with Gasteiger partial charge in [-0.2, -0.15) is 0 Å². The van der Waals surface area contributed by atoms with Crippen molar-refractivity contribution in [3.63, 3.8) is 0 Å². The van der Waals surface area contributed by atoms with Gasteiger partial charge in [-0.25, -0.2) is 0 Å². The number of thioether (sulfide) groups is 1. The number of nitrogens with zero attached hydrogens (tertiary/aromatic N) is 1. The molecule has 0 bridgehead atoms. The summed E-state index contributed by atoms with van der Waals surface area (Å²) >= 11 is 0.896. The average molecular weight is 555 g/mol. The fraction of sp³-hybridized carbons (Fsp3) is 0.129. The molecule has 4 aromatic carbocycles. The highest BCUT2D eigenvalue weighted by Crippen LogP contribution is 2.33. The Balaban J connectivity index is 1.14. The van der Waals surface area contributed by atoms with Gasteiger partial charge in [-0.05, 0) is 59.1 Å². The molecule has 4 aromatic rings. The first kappa shape index (κ1) is 26.8. The molecule has 1 heterocycles. The number of carbonyl (C=O) groups excluding carboxylic acids is 3. The number of para-hydroxylation sites is 2. The molecular formula is C31H26N2O6S. The highest BCUT2D eigenvalue weighted by molar-refractivity contribution is 8.18. The maximum absolute atomic E-state index is 12.9. The fourth-order valence-electron chi connectivity index (χ4n) is 4.16. The van der Waals surface area contributed by atoms with Crippen LogP contribution in [0.2, 0.25) is 0 Å². The van der Waals surface area contributed by atoms with Gasteiger partial charge in [-0.3, -0.25) is 19.3 Å². The van der Waals surface area contributed by atoms with Gasteiger partial charge in [0.15, 0.2) is 6.61 Å². The molecule has 1 N–H and O–H groups in total. The second kappa shape index (κ2) is 12.4. The molecule has 5 rings (SSSR count). The number of anilines is 1. The summed E-state index contributed by atoms with van der Waals surface area (Å²) in [7, 11) is 1.53. The molecule has 8 nitrogen and oxygen atoms in total. The zero-order valence-corrected chi connectivity index (χ0v) is 22.5. The normalized spacial score (nSPS) is 14.0. The van der Waals surface area contributed by atoms with Crippen molar-refractivity contribution in [1.82, 2.24) is 4.90 Å². The largest absolute Gasteiger partial charge is 0.495 e. The van der Waals surface area contributed by atoms with Crippen LogP contribution in [0.15, 0.2) is 95.9 Å². The Labute approximate surface area is 235 Å². The Morgan fingerprint density at radius 1 is 0.875 bits per heavy atom. The molecule has 0 aromatic heterocycles. The van der Waals surface area contributed by atoms with Crippen LogP contribution in [-0.4, -0.2) is 48.8 Å². The Morgan fingerprint density at radius 3 is 2.42 bits per heavy atom. The summed E-state index contributed by atoms with van der Waals surface area (Å²) in [5.74, 6) is 1.07. The van der Waals surface area contributed by atoms with Gasteiger partial charge in [-0.1, -0.05) is 60.7 Å². The Hall–Kier alpha value is -4.76. The van der Waals surface area contributed by atoms with Crippen molar-refractivity contribution in [1.29, 1.82) is 0 Å². The first-order chi connectivity index (χ1) is 19.5. The quantitative estimate of drug-likeness (QED) is 0.241. The van der Waals surface area contributed by atoms with E-state index in [4.69, 9.17) is 14.2 Å². The van der Waals surface area contributed by atoms with Gasteiger partial charge in [0.2, 0.25) is 0 Å². The molecule has 0 atom stereocenters. The number of amides is 3. The number of nitrogens with one attached hydrogen (secondary N) is 1. The molecule has 0 spiro atoms. The SMILES string of the molecule is COc1ccccc1NC(=O)COc1ccc(/C=C2\SC(=O)N(CCOc3cccc4ccccc34)C2=O)cc1. The van der Waals surface area contributed by atoms with Crippen LogP contribution in [0.1, 0.15) is 5.56 Å². The predicted octanol–water partition coefficient (Wildman–Crippen LogP) is 5.98. The van der Waals surface area contributed by atoms with E-state index in [9.17, 15) is 14.4 Å². The van der Waals surface area contributed by atoms with E-state index in [0.717, 1.165) is 28.1 Å². The molecule has 1 aliphatic rings.